The van der Waals surface area contributed by atoms with Crippen molar-refractivity contribution in [3.05, 3.63) is 47.0 Å². The van der Waals surface area contributed by atoms with Gasteiger partial charge < -0.3 is 19.3 Å². The number of benzene rings is 3. The molecule has 0 spiro atoms. The predicted molar refractivity (Wildman–Crippen MR) is 125 cm³/mol. The third-order valence-corrected chi connectivity index (χ3v) is 6.72. The largest absolute Gasteiger partial charge is 0.507 e. The third-order valence-electron chi connectivity index (χ3n) is 6.72. The van der Waals surface area contributed by atoms with Gasteiger partial charge in [0.1, 0.15) is 23.0 Å². The smallest absolute Gasteiger partial charge is 0.135 e. The van der Waals surface area contributed by atoms with Gasteiger partial charge >= 0.3 is 0 Å². The van der Waals surface area contributed by atoms with Crippen molar-refractivity contribution in [3.63, 3.8) is 0 Å². The molecule has 4 rings (SSSR count). The fourth-order valence-corrected chi connectivity index (χ4v) is 4.92. The van der Waals surface area contributed by atoms with Gasteiger partial charge in [-0.1, -0.05) is 12.1 Å². The monoisotopic (exact) mass is 421 g/mol. The van der Waals surface area contributed by atoms with E-state index in [4.69, 9.17) is 14.2 Å². The Bertz CT molecular complexity index is 1150. The minimum atomic E-state index is 0.163. The zero-order chi connectivity index (χ0) is 22.4. The van der Waals surface area contributed by atoms with Gasteiger partial charge in [-0.05, 0) is 69.0 Å². The van der Waals surface area contributed by atoms with Crippen LogP contribution in [0.5, 0.6) is 23.0 Å². The summed E-state index contributed by atoms with van der Waals surface area (Å²) in [5, 5.41) is 13.0. The van der Waals surface area contributed by atoms with Crippen LogP contribution in [0.3, 0.4) is 0 Å². The normalized spacial score (nSPS) is 18.7. The molecule has 1 aliphatic heterocycles. The summed E-state index contributed by atoms with van der Waals surface area (Å²) in [6, 6.07) is 10.6. The number of fused-ring (bicyclic) bond motifs is 2. The molecule has 1 heterocycles. The number of rotatable bonds is 4. The number of nitrogens with zero attached hydrogens (tertiary/aromatic N) is 1. The summed E-state index contributed by atoms with van der Waals surface area (Å²) in [6.07, 6.45) is 0.917. The predicted octanol–water partition coefficient (Wildman–Crippen LogP) is 5.48. The molecule has 5 nitrogen and oxygen atoms in total. The fourth-order valence-electron chi connectivity index (χ4n) is 4.92. The summed E-state index contributed by atoms with van der Waals surface area (Å²) in [5.41, 5.74) is 4.88. The Morgan fingerprint density at radius 3 is 2.32 bits per heavy atom. The Labute approximate surface area is 184 Å². The lowest BCUT2D eigenvalue weighted by atomic mass is 9.85. The molecule has 0 saturated heterocycles. The molecule has 0 radical (unpaired) electrons. The van der Waals surface area contributed by atoms with Crippen molar-refractivity contribution in [2.24, 2.45) is 0 Å². The van der Waals surface area contributed by atoms with E-state index < -0.39 is 0 Å². The van der Waals surface area contributed by atoms with Gasteiger partial charge in [-0.15, -0.1) is 0 Å². The number of phenolic OH excluding ortho intramolecular Hbond substituents is 1. The first kappa shape index (κ1) is 21.3. The lowest BCUT2D eigenvalue weighted by Gasteiger charge is -2.39. The number of phenols is 1. The van der Waals surface area contributed by atoms with Crippen LogP contribution >= 0.6 is 0 Å². The molecule has 0 fully saturated rings. The highest BCUT2D eigenvalue weighted by atomic mass is 16.5. The highest BCUT2D eigenvalue weighted by Crippen LogP contribution is 2.52. The third kappa shape index (κ3) is 3.28. The second-order valence-corrected chi connectivity index (χ2v) is 8.48. The number of likely N-dealkylation sites (N-methyl/N-ethyl adjacent to an activating group) is 1. The minimum Gasteiger partial charge on any atom is -0.507 e. The molecule has 2 unspecified atom stereocenters. The number of hydrogen-bond donors (Lipinski definition) is 1. The summed E-state index contributed by atoms with van der Waals surface area (Å²) >= 11 is 0. The molecule has 5 heteroatoms. The Morgan fingerprint density at radius 2 is 1.68 bits per heavy atom. The number of aromatic hydroxyl groups is 1. The van der Waals surface area contributed by atoms with E-state index in [0.717, 1.165) is 34.2 Å². The second kappa shape index (κ2) is 7.97. The summed E-state index contributed by atoms with van der Waals surface area (Å²) < 4.78 is 17.4. The van der Waals surface area contributed by atoms with Gasteiger partial charge in [0.2, 0.25) is 0 Å². The van der Waals surface area contributed by atoms with E-state index in [2.05, 4.69) is 31.9 Å². The Morgan fingerprint density at radius 1 is 0.968 bits per heavy atom. The van der Waals surface area contributed by atoms with Crippen LogP contribution in [-0.2, 0) is 6.42 Å². The van der Waals surface area contributed by atoms with Crippen molar-refractivity contribution in [2.45, 2.75) is 39.3 Å². The first-order chi connectivity index (χ1) is 14.8. The van der Waals surface area contributed by atoms with Crippen LogP contribution in [0, 0.1) is 6.92 Å². The summed E-state index contributed by atoms with van der Waals surface area (Å²) in [5.74, 6) is 2.25. The highest BCUT2D eigenvalue weighted by molar-refractivity contribution is 6.01. The van der Waals surface area contributed by atoms with Crippen LogP contribution in [0.15, 0.2) is 30.3 Å². The van der Waals surface area contributed by atoms with Crippen molar-refractivity contribution in [1.29, 1.82) is 0 Å². The van der Waals surface area contributed by atoms with Crippen LogP contribution in [-0.4, -0.2) is 44.4 Å². The van der Waals surface area contributed by atoms with Crippen molar-refractivity contribution in [3.8, 4) is 34.1 Å². The summed E-state index contributed by atoms with van der Waals surface area (Å²) in [7, 11) is 7.11. The zero-order valence-electron chi connectivity index (χ0n) is 19.4. The zero-order valence-corrected chi connectivity index (χ0v) is 19.4. The van der Waals surface area contributed by atoms with Gasteiger partial charge in [0.05, 0.1) is 32.3 Å². The van der Waals surface area contributed by atoms with Gasteiger partial charge in [0, 0.05) is 23.2 Å². The average Bonchev–Trinajstić information content (AvgIpc) is 2.76. The Kier molecular flexibility index (Phi) is 5.48. The maximum atomic E-state index is 11.4. The highest BCUT2D eigenvalue weighted by Gasteiger charge is 2.33. The van der Waals surface area contributed by atoms with E-state index in [0.29, 0.717) is 28.5 Å². The second-order valence-electron chi connectivity index (χ2n) is 8.48. The van der Waals surface area contributed by atoms with Crippen LogP contribution in [0.4, 0.5) is 0 Å². The summed E-state index contributed by atoms with van der Waals surface area (Å²) in [6.45, 7) is 6.44. The van der Waals surface area contributed by atoms with Crippen LogP contribution < -0.4 is 14.2 Å². The van der Waals surface area contributed by atoms with Gasteiger partial charge in [0.15, 0.2) is 0 Å². The Balaban J connectivity index is 2.06. The van der Waals surface area contributed by atoms with Gasteiger partial charge in [0.25, 0.3) is 0 Å². The molecule has 0 saturated carbocycles. The molecule has 0 aliphatic carbocycles. The van der Waals surface area contributed by atoms with Crippen LogP contribution in [0.25, 0.3) is 21.9 Å². The van der Waals surface area contributed by atoms with E-state index in [9.17, 15) is 5.11 Å². The van der Waals surface area contributed by atoms with E-state index in [1.54, 1.807) is 21.3 Å². The summed E-state index contributed by atoms with van der Waals surface area (Å²) in [4.78, 5) is 2.35. The van der Waals surface area contributed by atoms with Gasteiger partial charge in [-0.25, -0.2) is 0 Å². The van der Waals surface area contributed by atoms with E-state index in [-0.39, 0.29) is 11.8 Å². The molecule has 3 aromatic carbocycles. The first-order valence-electron chi connectivity index (χ1n) is 10.6. The molecular formula is C26H31NO4. The van der Waals surface area contributed by atoms with Gasteiger partial charge in [-0.2, -0.15) is 0 Å². The van der Waals surface area contributed by atoms with Crippen LogP contribution in [0.1, 0.15) is 36.6 Å². The average molecular weight is 422 g/mol. The maximum Gasteiger partial charge on any atom is 0.135 e. The molecule has 0 amide bonds. The molecule has 31 heavy (non-hydrogen) atoms. The van der Waals surface area contributed by atoms with E-state index in [1.807, 2.05) is 31.2 Å². The lowest BCUT2D eigenvalue weighted by molar-refractivity contribution is 0.175. The van der Waals surface area contributed by atoms with Crippen molar-refractivity contribution < 1.29 is 19.3 Å². The SMILES string of the molecule is COc1cc2c(c(OC)c1-c1ccc3cc(C)cc(OC)c3c1O)C(C)N(C)C(C)C2. The molecule has 1 aliphatic rings. The van der Waals surface area contributed by atoms with Crippen molar-refractivity contribution in [2.75, 3.05) is 28.4 Å². The van der Waals surface area contributed by atoms with Gasteiger partial charge in [-0.3, -0.25) is 4.90 Å². The minimum absolute atomic E-state index is 0.163. The molecule has 0 bridgehead atoms. The van der Waals surface area contributed by atoms with Crippen LogP contribution in [0.2, 0.25) is 0 Å². The number of ether oxygens (including phenoxy) is 3. The van der Waals surface area contributed by atoms with E-state index >= 15 is 0 Å². The number of methoxy groups -OCH3 is 3. The molecule has 1 N–H and O–H groups in total. The Hall–Kier alpha value is -2.92. The molecule has 2 atom stereocenters. The first-order valence-corrected chi connectivity index (χ1v) is 10.6. The maximum absolute atomic E-state index is 11.4. The molecule has 3 aromatic rings. The topological polar surface area (TPSA) is 51.2 Å². The standard InChI is InChI=1S/C26H31NO4/c1-14-10-17-8-9-19(25(28)23(17)20(11-14)29-5)24-21(30-6)13-18-12-15(2)27(4)16(3)22(18)26(24)31-7/h8-11,13,15-16,28H,12H2,1-7H3. The molecule has 164 valence electrons. The van der Waals surface area contributed by atoms with Crippen molar-refractivity contribution >= 4 is 10.8 Å². The van der Waals surface area contributed by atoms with E-state index in [1.165, 1.54) is 5.56 Å². The molecule has 0 aromatic heterocycles. The fraction of sp³-hybridized carbons (Fsp3) is 0.385. The van der Waals surface area contributed by atoms with Crippen molar-refractivity contribution in [1.82, 2.24) is 4.90 Å². The molecular weight excluding hydrogens is 390 g/mol. The lowest BCUT2D eigenvalue weighted by Crippen LogP contribution is -2.38. The number of aryl methyl sites for hydroxylation is 1. The number of hydrogen-bond acceptors (Lipinski definition) is 5. The quantitative estimate of drug-likeness (QED) is 0.604.